The molecule has 6 rings (SSSR count). The molecule has 0 saturated heterocycles. The van der Waals surface area contributed by atoms with Gasteiger partial charge in [0, 0.05) is 38.5 Å². The highest BCUT2D eigenvalue weighted by Crippen LogP contribution is 2.41. The Balaban J connectivity index is 1.70. The van der Waals surface area contributed by atoms with E-state index in [0.29, 0.717) is 5.39 Å². The number of benzene rings is 3. The quantitative estimate of drug-likeness (QED) is 0.320. The van der Waals surface area contributed by atoms with Crippen LogP contribution in [0.3, 0.4) is 0 Å². The second-order valence-corrected chi connectivity index (χ2v) is 8.49. The van der Waals surface area contributed by atoms with Gasteiger partial charge in [0.2, 0.25) is 5.88 Å². The number of pyridine rings is 2. The highest BCUT2D eigenvalue weighted by molar-refractivity contribution is 7.17. The van der Waals surface area contributed by atoms with Crippen molar-refractivity contribution in [3.05, 3.63) is 103 Å². The number of aromatic hydroxyl groups is 1. The molecule has 0 aliphatic heterocycles. The van der Waals surface area contributed by atoms with Crippen LogP contribution in [0.1, 0.15) is 0 Å². The van der Waals surface area contributed by atoms with Gasteiger partial charge in [-0.05, 0) is 29.1 Å². The highest BCUT2D eigenvalue weighted by Gasteiger charge is 2.18. The van der Waals surface area contributed by atoms with E-state index < -0.39 is 0 Å². The summed E-state index contributed by atoms with van der Waals surface area (Å²) in [6, 6.07) is 31.4. The average Bonchev–Trinajstić information content (AvgIpc) is 3.29. The summed E-state index contributed by atoms with van der Waals surface area (Å²) in [5.74, 6) is -0.0130. The molecule has 4 heteroatoms. The zero-order valence-electron chi connectivity index (χ0n) is 17.0. The van der Waals surface area contributed by atoms with Crippen LogP contribution < -0.4 is 0 Å². The first kappa shape index (κ1) is 18.7. The fraction of sp³-hybridized carbons (Fsp3) is 0. The molecule has 1 N–H and O–H groups in total. The van der Waals surface area contributed by atoms with Gasteiger partial charge in [-0.2, -0.15) is 0 Å². The molecule has 151 valence electrons. The van der Waals surface area contributed by atoms with Crippen LogP contribution in [-0.2, 0) is 0 Å². The minimum absolute atomic E-state index is 0.0130. The SMILES string of the molecule is Oc1ncc(-c2csc3ccccc23)c2nc(-c3cc[c]cc3)c(-c3ccccc3)cc12. The van der Waals surface area contributed by atoms with E-state index in [1.807, 2.05) is 60.7 Å². The Morgan fingerprint density at radius 2 is 1.53 bits per heavy atom. The maximum atomic E-state index is 10.7. The molecule has 0 atom stereocenters. The molecule has 0 spiro atoms. The first-order chi connectivity index (χ1) is 15.8. The van der Waals surface area contributed by atoms with E-state index in [4.69, 9.17) is 4.98 Å². The van der Waals surface area contributed by atoms with Gasteiger partial charge in [0.15, 0.2) is 0 Å². The number of thiophene rings is 1. The molecule has 3 aromatic carbocycles. The Bertz CT molecular complexity index is 1570. The standard InChI is InChI=1S/C28H17N2OS/c31-28-22-15-21(18-9-3-1-4-10-18)26(19-11-5-2-6-12-19)30-27(22)23(16-29-28)24-17-32-25-14-8-7-13-20(24)25/h1,3-17H,(H,29,31). The first-order valence-corrected chi connectivity index (χ1v) is 11.2. The van der Waals surface area contributed by atoms with Gasteiger partial charge in [0.1, 0.15) is 0 Å². The van der Waals surface area contributed by atoms with E-state index >= 15 is 0 Å². The van der Waals surface area contributed by atoms with Crippen LogP contribution in [0.2, 0.25) is 0 Å². The van der Waals surface area contributed by atoms with Crippen molar-refractivity contribution in [2.24, 2.45) is 0 Å². The lowest BCUT2D eigenvalue weighted by Gasteiger charge is -2.14. The minimum Gasteiger partial charge on any atom is -0.493 e. The van der Waals surface area contributed by atoms with Gasteiger partial charge in [-0.3, -0.25) is 0 Å². The summed E-state index contributed by atoms with van der Waals surface area (Å²) in [7, 11) is 0. The molecule has 0 bridgehead atoms. The van der Waals surface area contributed by atoms with Gasteiger partial charge in [-0.15, -0.1) is 11.3 Å². The summed E-state index contributed by atoms with van der Waals surface area (Å²) >= 11 is 1.70. The zero-order valence-corrected chi connectivity index (χ0v) is 17.8. The van der Waals surface area contributed by atoms with Crippen molar-refractivity contribution >= 4 is 32.3 Å². The van der Waals surface area contributed by atoms with Gasteiger partial charge in [0.25, 0.3) is 0 Å². The monoisotopic (exact) mass is 429 g/mol. The Morgan fingerprint density at radius 3 is 2.38 bits per heavy atom. The summed E-state index contributed by atoms with van der Waals surface area (Å²) in [5, 5.41) is 14.6. The molecule has 3 aromatic heterocycles. The van der Waals surface area contributed by atoms with Crippen LogP contribution in [0.5, 0.6) is 5.88 Å². The number of rotatable bonds is 3. The van der Waals surface area contributed by atoms with E-state index in [2.05, 4.69) is 40.7 Å². The van der Waals surface area contributed by atoms with E-state index in [0.717, 1.165) is 44.4 Å². The number of fused-ring (bicyclic) bond motifs is 2. The second-order valence-electron chi connectivity index (χ2n) is 7.58. The number of hydrogen-bond donors (Lipinski definition) is 1. The van der Waals surface area contributed by atoms with Crippen molar-refractivity contribution in [1.82, 2.24) is 9.97 Å². The Hall–Kier alpha value is -4.02. The molecular weight excluding hydrogens is 412 g/mol. The minimum atomic E-state index is -0.0130. The predicted molar refractivity (Wildman–Crippen MR) is 132 cm³/mol. The molecule has 3 nitrogen and oxygen atoms in total. The number of aromatic nitrogens is 2. The lowest BCUT2D eigenvalue weighted by atomic mass is 9.96. The lowest BCUT2D eigenvalue weighted by Crippen LogP contribution is -1.94. The lowest BCUT2D eigenvalue weighted by molar-refractivity contribution is 0.460. The summed E-state index contributed by atoms with van der Waals surface area (Å²) in [4.78, 5) is 9.46. The van der Waals surface area contributed by atoms with E-state index in [1.165, 1.54) is 4.70 Å². The van der Waals surface area contributed by atoms with Crippen LogP contribution in [0.25, 0.3) is 54.5 Å². The van der Waals surface area contributed by atoms with Crippen LogP contribution in [0, 0.1) is 6.07 Å². The highest BCUT2D eigenvalue weighted by atomic mass is 32.1. The van der Waals surface area contributed by atoms with Crippen LogP contribution in [0.4, 0.5) is 0 Å². The topological polar surface area (TPSA) is 46.0 Å². The normalized spacial score (nSPS) is 11.2. The maximum Gasteiger partial charge on any atom is 0.220 e. The molecule has 0 unspecified atom stereocenters. The summed E-state index contributed by atoms with van der Waals surface area (Å²) in [5.41, 5.74) is 6.59. The fourth-order valence-corrected chi connectivity index (χ4v) is 5.09. The molecule has 0 aliphatic carbocycles. The van der Waals surface area contributed by atoms with Gasteiger partial charge in [-0.1, -0.05) is 72.8 Å². The van der Waals surface area contributed by atoms with E-state index in [-0.39, 0.29) is 5.88 Å². The van der Waals surface area contributed by atoms with Gasteiger partial charge < -0.3 is 5.11 Å². The van der Waals surface area contributed by atoms with Crippen molar-refractivity contribution in [3.8, 4) is 39.4 Å². The average molecular weight is 430 g/mol. The van der Waals surface area contributed by atoms with Gasteiger partial charge >= 0.3 is 0 Å². The van der Waals surface area contributed by atoms with Crippen molar-refractivity contribution in [2.75, 3.05) is 0 Å². The van der Waals surface area contributed by atoms with Crippen molar-refractivity contribution in [3.63, 3.8) is 0 Å². The molecule has 0 amide bonds. The predicted octanol–water partition coefficient (Wildman–Crippen LogP) is 7.35. The van der Waals surface area contributed by atoms with E-state index in [1.54, 1.807) is 17.5 Å². The molecular formula is C28H17N2OS. The molecule has 6 aromatic rings. The summed E-state index contributed by atoms with van der Waals surface area (Å²) in [6.07, 6.45) is 1.73. The van der Waals surface area contributed by atoms with Crippen molar-refractivity contribution in [1.29, 1.82) is 0 Å². The third-order valence-corrected chi connectivity index (χ3v) is 6.65. The third-order valence-electron chi connectivity index (χ3n) is 5.68. The Labute approximate surface area is 189 Å². The smallest absolute Gasteiger partial charge is 0.220 e. The fourth-order valence-electron chi connectivity index (χ4n) is 4.13. The molecule has 1 radical (unpaired) electrons. The summed E-state index contributed by atoms with van der Waals surface area (Å²) in [6.45, 7) is 0. The first-order valence-electron chi connectivity index (χ1n) is 10.3. The van der Waals surface area contributed by atoms with Crippen LogP contribution >= 0.6 is 11.3 Å². The molecule has 3 heterocycles. The van der Waals surface area contributed by atoms with Crippen molar-refractivity contribution < 1.29 is 5.11 Å². The van der Waals surface area contributed by atoms with Gasteiger partial charge in [0.05, 0.1) is 16.6 Å². The molecule has 0 aliphatic rings. The third kappa shape index (κ3) is 3.04. The Kier molecular flexibility index (Phi) is 4.44. The molecule has 32 heavy (non-hydrogen) atoms. The number of nitrogens with zero attached hydrogens (tertiary/aromatic N) is 2. The summed E-state index contributed by atoms with van der Waals surface area (Å²) < 4.78 is 1.21. The van der Waals surface area contributed by atoms with Crippen molar-refractivity contribution in [2.45, 2.75) is 0 Å². The van der Waals surface area contributed by atoms with E-state index in [9.17, 15) is 5.11 Å². The zero-order chi connectivity index (χ0) is 21.5. The maximum absolute atomic E-state index is 10.7. The largest absolute Gasteiger partial charge is 0.493 e. The van der Waals surface area contributed by atoms with Gasteiger partial charge in [-0.25, -0.2) is 9.97 Å². The van der Waals surface area contributed by atoms with Crippen LogP contribution in [-0.4, -0.2) is 15.1 Å². The van der Waals surface area contributed by atoms with Crippen LogP contribution in [0.15, 0.2) is 96.5 Å². The second kappa shape index (κ2) is 7.59. The molecule has 0 saturated carbocycles. The number of hydrogen-bond acceptors (Lipinski definition) is 4. The Morgan fingerprint density at radius 1 is 0.750 bits per heavy atom. The molecule has 0 fully saturated rings.